The minimum absolute atomic E-state index is 0. The zero-order valence-electron chi connectivity index (χ0n) is 19.1. The molecule has 180 valence electrons. The maximum Gasteiger partial charge on any atom is 0.409 e. The number of aliphatic imine (C=N–C) groups is 1. The van der Waals surface area contributed by atoms with Crippen LogP contribution in [0.2, 0.25) is 0 Å². The first-order chi connectivity index (χ1) is 15.1. The highest BCUT2D eigenvalue weighted by Crippen LogP contribution is 2.35. The number of rotatable bonds is 6. The molecule has 2 saturated heterocycles. The third-order valence-electron chi connectivity index (χ3n) is 6.15. The first-order valence-electron chi connectivity index (χ1n) is 11.4. The molecule has 0 spiro atoms. The first-order valence-corrected chi connectivity index (χ1v) is 11.4. The second kappa shape index (κ2) is 13.2. The minimum atomic E-state index is -0.234. The van der Waals surface area contributed by atoms with Gasteiger partial charge in [0.1, 0.15) is 5.82 Å². The molecule has 0 saturated carbocycles. The van der Waals surface area contributed by atoms with Gasteiger partial charge in [-0.1, -0.05) is 12.1 Å². The van der Waals surface area contributed by atoms with E-state index in [2.05, 4.69) is 10.6 Å². The van der Waals surface area contributed by atoms with E-state index in [1.54, 1.807) is 4.90 Å². The summed E-state index contributed by atoms with van der Waals surface area (Å²) in [5.74, 6) is 0.559. The van der Waals surface area contributed by atoms with Gasteiger partial charge in [0.25, 0.3) is 0 Å². The van der Waals surface area contributed by atoms with Crippen molar-refractivity contribution in [1.82, 2.24) is 15.5 Å². The minimum Gasteiger partial charge on any atom is -0.450 e. The lowest BCUT2D eigenvalue weighted by Crippen LogP contribution is -2.50. The molecule has 1 amide bonds. The van der Waals surface area contributed by atoms with Crippen LogP contribution in [0.4, 0.5) is 9.18 Å². The van der Waals surface area contributed by atoms with Crippen LogP contribution in [0, 0.1) is 5.82 Å². The maximum atomic E-state index is 13.5. The Morgan fingerprint density at radius 3 is 2.47 bits per heavy atom. The van der Waals surface area contributed by atoms with Crippen molar-refractivity contribution in [2.75, 3.05) is 46.0 Å². The average Bonchev–Trinajstić information content (AvgIpc) is 2.79. The number of hydrogen-bond acceptors (Lipinski definition) is 4. The summed E-state index contributed by atoms with van der Waals surface area (Å²) in [6, 6.07) is 7.05. The summed E-state index contributed by atoms with van der Waals surface area (Å²) >= 11 is 0. The van der Waals surface area contributed by atoms with Crippen molar-refractivity contribution in [3.05, 3.63) is 35.6 Å². The third kappa shape index (κ3) is 7.19. The number of carbonyl (C=O) groups is 1. The third-order valence-corrected chi connectivity index (χ3v) is 6.15. The van der Waals surface area contributed by atoms with Gasteiger partial charge < -0.3 is 25.0 Å². The lowest BCUT2D eigenvalue weighted by atomic mass is 9.74. The number of ether oxygens (including phenoxy) is 2. The largest absolute Gasteiger partial charge is 0.450 e. The van der Waals surface area contributed by atoms with E-state index < -0.39 is 0 Å². The standard InChI is InChI=1S/C23H35FN4O3.HI/c1-3-25-21(27-20-9-13-28(14-10-20)22(29)31-4-2)26-17-23(11-15-30-16-12-23)18-5-7-19(24)8-6-18;/h5-8,20H,3-4,9-17H2,1-2H3,(H2,25,26,27);1H. The summed E-state index contributed by atoms with van der Waals surface area (Å²) < 4.78 is 24.2. The Morgan fingerprint density at radius 1 is 1.22 bits per heavy atom. The number of nitrogens with one attached hydrogen (secondary N) is 2. The molecule has 0 unspecified atom stereocenters. The van der Waals surface area contributed by atoms with Crippen LogP contribution in [-0.4, -0.2) is 69.0 Å². The van der Waals surface area contributed by atoms with Crippen LogP contribution < -0.4 is 10.6 Å². The fourth-order valence-electron chi connectivity index (χ4n) is 4.27. The van der Waals surface area contributed by atoms with Crippen LogP contribution in [0.15, 0.2) is 29.3 Å². The van der Waals surface area contributed by atoms with E-state index in [1.807, 2.05) is 26.0 Å². The summed E-state index contributed by atoms with van der Waals surface area (Å²) in [5, 5.41) is 6.88. The number of nitrogens with zero attached hydrogens (tertiary/aromatic N) is 2. The molecule has 2 fully saturated rings. The molecule has 9 heteroatoms. The number of carbonyl (C=O) groups excluding carboxylic acids is 1. The molecule has 2 aliphatic heterocycles. The number of benzene rings is 1. The fraction of sp³-hybridized carbons (Fsp3) is 0.652. The van der Waals surface area contributed by atoms with E-state index in [-0.39, 0.29) is 47.3 Å². The molecule has 1 aromatic rings. The van der Waals surface area contributed by atoms with Crippen LogP contribution in [0.3, 0.4) is 0 Å². The lowest BCUT2D eigenvalue weighted by Gasteiger charge is -2.37. The second-order valence-corrected chi connectivity index (χ2v) is 8.20. The quantitative estimate of drug-likeness (QED) is 0.315. The van der Waals surface area contributed by atoms with Crippen LogP contribution in [-0.2, 0) is 14.9 Å². The van der Waals surface area contributed by atoms with Crippen molar-refractivity contribution >= 4 is 36.0 Å². The van der Waals surface area contributed by atoms with E-state index in [0.29, 0.717) is 39.5 Å². The van der Waals surface area contributed by atoms with Crippen LogP contribution >= 0.6 is 24.0 Å². The molecule has 2 N–H and O–H groups in total. The molecule has 1 aromatic carbocycles. The predicted octanol–water partition coefficient (Wildman–Crippen LogP) is 3.67. The molecular weight excluding hydrogens is 526 g/mol. The van der Waals surface area contributed by atoms with Crippen LogP contribution in [0.1, 0.15) is 45.1 Å². The summed E-state index contributed by atoms with van der Waals surface area (Å²) in [6.45, 7) is 8.35. The van der Waals surface area contributed by atoms with Gasteiger partial charge in [0.05, 0.1) is 13.2 Å². The molecule has 0 aromatic heterocycles. The number of amides is 1. The Labute approximate surface area is 207 Å². The van der Waals surface area contributed by atoms with E-state index in [4.69, 9.17) is 14.5 Å². The highest BCUT2D eigenvalue weighted by Gasteiger charge is 2.34. The molecule has 2 aliphatic rings. The van der Waals surface area contributed by atoms with E-state index in [1.165, 1.54) is 12.1 Å². The van der Waals surface area contributed by atoms with Gasteiger partial charge in [0.2, 0.25) is 0 Å². The van der Waals surface area contributed by atoms with Gasteiger partial charge >= 0.3 is 6.09 Å². The van der Waals surface area contributed by atoms with Gasteiger partial charge in [-0.25, -0.2) is 9.18 Å². The van der Waals surface area contributed by atoms with Crippen molar-refractivity contribution < 1.29 is 18.7 Å². The number of hydrogen-bond donors (Lipinski definition) is 2. The zero-order valence-corrected chi connectivity index (χ0v) is 21.4. The first kappa shape index (κ1) is 26.6. The Balaban J connectivity index is 0.00000363. The van der Waals surface area contributed by atoms with Gasteiger partial charge in [-0.2, -0.15) is 0 Å². The Hall–Kier alpha value is -1.62. The molecule has 3 rings (SSSR count). The number of guanidine groups is 1. The number of halogens is 2. The summed E-state index contributed by atoms with van der Waals surface area (Å²) in [5.41, 5.74) is 0.959. The lowest BCUT2D eigenvalue weighted by molar-refractivity contribution is 0.0530. The molecule has 32 heavy (non-hydrogen) atoms. The predicted molar refractivity (Wildman–Crippen MR) is 134 cm³/mol. The summed E-state index contributed by atoms with van der Waals surface area (Å²) in [7, 11) is 0. The second-order valence-electron chi connectivity index (χ2n) is 8.20. The number of likely N-dealkylation sites (tertiary alicyclic amines) is 1. The van der Waals surface area contributed by atoms with Crippen molar-refractivity contribution in [3.63, 3.8) is 0 Å². The topological polar surface area (TPSA) is 75.2 Å². The van der Waals surface area contributed by atoms with E-state index in [9.17, 15) is 9.18 Å². The maximum absolute atomic E-state index is 13.5. The van der Waals surface area contributed by atoms with Gasteiger partial charge in [0, 0.05) is 44.3 Å². The Morgan fingerprint density at radius 2 is 1.88 bits per heavy atom. The SMILES string of the molecule is CCNC(=NCC1(c2ccc(F)cc2)CCOCC1)NC1CCN(C(=O)OCC)CC1.I. The van der Waals surface area contributed by atoms with Crippen molar-refractivity contribution in [1.29, 1.82) is 0 Å². The Kier molecular flexibility index (Phi) is 11.0. The zero-order chi connectivity index (χ0) is 22.1. The molecule has 2 heterocycles. The monoisotopic (exact) mass is 562 g/mol. The average molecular weight is 562 g/mol. The highest BCUT2D eigenvalue weighted by molar-refractivity contribution is 14.0. The molecule has 0 aliphatic carbocycles. The van der Waals surface area contributed by atoms with Gasteiger partial charge in [-0.15, -0.1) is 24.0 Å². The van der Waals surface area contributed by atoms with Crippen molar-refractivity contribution in [3.8, 4) is 0 Å². The van der Waals surface area contributed by atoms with Crippen molar-refractivity contribution in [2.45, 2.75) is 51.0 Å². The van der Waals surface area contributed by atoms with Gasteiger partial charge in [-0.05, 0) is 57.2 Å². The molecular formula is C23H36FIN4O3. The summed E-state index contributed by atoms with van der Waals surface area (Å²) in [6.07, 6.45) is 3.18. The molecule has 0 atom stereocenters. The van der Waals surface area contributed by atoms with Crippen molar-refractivity contribution in [2.24, 2.45) is 4.99 Å². The van der Waals surface area contributed by atoms with E-state index in [0.717, 1.165) is 43.8 Å². The van der Waals surface area contributed by atoms with Gasteiger partial charge in [-0.3, -0.25) is 4.99 Å². The summed E-state index contributed by atoms with van der Waals surface area (Å²) in [4.78, 5) is 18.6. The highest BCUT2D eigenvalue weighted by atomic mass is 127. The smallest absolute Gasteiger partial charge is 0.409 e. The number of piperidine rings is 1. The molecule has 0 radical (unpaired) electrons. The Bertz CT molecular complexity index is 733. The van der Waals surface area contributed by atoms with Crippen LogP contribution in [0.25, 0.3) is 0 Å². The van der Waals surface area contributed by atoms with E-state index >= 15 is 0 Å². The molecule has 0 bridgehead atoms. The van der Waals surface area contributed by atoms with Gasteiger partial charge in [0.15, 0.2) is 5.96 Å². The molecule has 7 nitrogen and oxygen atoms in total. The normalized spacial score (nSPS) is 19.1. The van der Waals surface area contributed by atoms with Crippen LogP contribution in [0.5, 0.6) is 0 Å². The fourth-order valence-corrected chi connectivity index (χ4v) is 4.27.